The van der Waals surface area contributed by atoms with Crippen molar-refractivity contribution in [2.24, 2.45) is 0 Å². The molecule has 28 heavy (non-hydrogen) atoms. The van der Waals surface area contributed by atoms with Crippen molar-refractivity contribution in [3.63, 3.8) is 0 Å². The zero-order valence-corrected chi connectivity index (χ0v) is 16.7. The Kier molecular flexibility index (Phi) is 5.44. The summed E-state index contributed by atoms with van der Waals surface area (Å²) < 4.78 is 7.09. The molecule has 0 unspecified atom stereocenters. The fourth-order valence-electron chi connectivity index (χ4n) is 3.22. The van der Waals surface area contributed by atoms with Crippen molar-refractivity contribution in [1.29, 1.82) is 0 Å². The van der Waals surface area contributed by atoms with Crippen LogP contribution < -0.4 is 5.32 Å². The van der Waals surface area contributed by atoms with Gasteiger partial charge in [-0.25, -0.2) is 9.48 Å². The van der Waals surface area contributed by atoms with Crippen LogP contribution in [-0.4, -0.2) is 33.0 Å². The first kappa shape index (κ1) is 19.5. The molecule has 0 fully saturated rings. The average molecular weight is 380 g/mol. The summed E-state index contributed by atoms with van der Waals surface area (Å²) in [5, 5.41) is 10.9. The highest BCUT2D eigenvalue weighted by molar-refractivity contribution is 5.99. The second kappa shape index (κ2) is 7.80. The molecule has 0 saturated heterocycles. The van der Waals surface area contributed by atoms with Gasteiger partial charge in [0.05, 0.1) is 11.1 Å². The first-order chi connectivity index (χ1) is 13.3. The third-order valence-corrected chi connectivity index (χ3v) is 4.63. The van der Waals surface area contributed by atoms with Crippen LogP contribution in [0.1, 0.15) is 40.9 Å². The van der Waals surface area contributed by atoms with Crippen molar-refractivity contribution in [3.8, 4) is 0 Å². The van der Waals surface area contributed by atoms with E-state index in [1.165, 1.54) is 0 Å². The van der Waals surface area contributed by atoms with E-state index in [2.05, 4.69) is 15.6 Å². The minimum absolute atomic E-state index is 0.331. The van der Waals surface area contributed by atoms with E-state index >= 15 is 0 Å². The third-order valence-electron chi connectivity index (χ3n) is 4.63. The van der Waals surface area contributed by atoms with Gasteiger partial charge >= 0.3 is 5.97 Å². The van der Waals surface area contributed by atoms with Gasteiger partial charge in [-0.3, -0.25) is 4.79 Å². The van der Waals surface area contributed by atoms with Crippen LogP contribution in [0.15, 0.2) is 30.3 Å². The van der Waals surface area contributed by atoms with Crippen LogP contribution in [-0.2, 0) is 16.1 Å². The van der Waals surface area contributed by atoms with Gasteiger partial charge in [-0.1, -0.05) is 22.9 Å². The molecule has 0 saturated carbocycles. The molecule has 7 nitrogen and oxygen atoms in total. The summed E-state index contributed by atoms with van der Waals surface area (Å²) in [7, 11) is 0. The zero-order chi connectivity index (χ0) is 20.4. The maximum Gasteiger partial charge on any atom is 0.338 e. The van der Waals surface area contributed by atoms with Crippen LogP contribution in [0.25, 0.3) is 11.0 Å². The maximum atomic E-state index is 12.5. The van der Waals surface area contributed by atoms with Crippen molar-refractivity contribution >= 4 is 28.6 Å². The van der Waals surface area contributed by atoms with E-state index in [0.717, 1.165) is 27.9 Å². The molecule has 0 aliphatic carbocycles. The molecular formula is C21H24N4O3. The largest absolute Gasteiger partial charge is 0.449 e. The Morgan fingerprint density at radius 1 is 1.14 bits per heavy atom. The third kappa shape index (κ3) is 3.88. The average Bonchev–Trinajstić information content (AvgIpc) is 3.06. The molecular weight excluding hydrogens is 356 g/mol. The molecule has 0 spiro atoms. The lowest BCUT2D eigenvalue weighted by Gasteiger charge is -2.17. The molecule has 3 rings (SSSR count). The monoisotopic (exact) mass is 380 g/mol. The molecule has 2 aromatic carbocycles. The lowest BCUT2D eigenvalue weighted by atomic mass is 10.0. The van der Waals surface area contributed by atoms with E-state index in [4.69, 9.17) is 4.74 Å². The number of hydrogen-bond donors (Lipinski definition) is 1. The van der Waals surface area contributed by atoms with Gasteiger partial charge in [0, 0.05) is 12.2 Å². The minimum atomic E-state index is -0.936. The van der Waals surface area contributed by atoms with Gasteiger partial charge in [0.15, 0.2) is 6.10 Å². The lowest BCUT2D eigenvalue weighted by molar-refractivity contribution is -0.123. The predicted molar refractivity (Wildman–Crippen MR) is 107 cm³/mol. The molecule has 1 amide bonds. The number of aryl methyl sites for hydroxylation is 4. The molecule has 0 bridgehead atoms. The van der Waals surface area contributed by atoms with E-state index in [1.54, 1.807) is 29.8 Å². The number of rotatable bonds is 5. The standard InChI is InChI=1S/C21H24N4O3/c1-6-25-18-8-7-16(11-17(18)23-24-25)21(27)28-15(5)20(26)22-19-13(3)9-12(2)10-14(19)4/h7-11,15H,6H2,1-5H3,(H,22,26)/t15-/m1/s1. The normalized spacial score (nSPS) is 12.0. The van der Waals surface area contributed by atoms with Gasteiger partial charge in [-0.05, 0) is 63.9 Å². The number of hydrogen-bond acceptors (Lipinski definition) is 5. The Labute approximate surface area is 163 Å². The number of aromatic nitrogens is 3. The lowest BCUT2D eigenvalue weighted by Crippen LogP contribution is -2.30. The highest BCUT2D eigenvalue weighted by Crippen LogP contribution is 2.22. The molecule has 1 heterocycles. The number of carbonyl (C=O) groups excluding carboxylic acids is 2. The number of anilines is 1. The van der Waals surface area contributed by atoms with E-state index in [0.29, 0.717) is 17.6 Å². The fraction of sp³-hybridized carbons (Fsp3) is 0.333. The number of esters is 1. The Morgan fingerprint density at radius 3 is 2.46 bits per heavy atom. The highest BCUT2D eigenvalue weighted by atomic mass is 16.5. The molecule has 146 valence electrons. The topological polar surface area (TPSA) is 86.1 Å². The molecule has 1 atom stereocenters. The van der Waals surface area contributed by atoms with Crippen molar-refractivity contribution in [2.75, 3.05) is 5.32 Å². The van der Waals surface area contributed by atoms with E-state index in [9.17, 15) is 9.59 Å². The van der Waals surface area contributed by atoms with Crippen LogP contribution in [0.3, 0.4) is 0 Å². The molecule has 1 aromatic heterocycles. The van der Waals surface area contributed by atoms with E-state index < -0.39 is 12.1 Å². The Morgan fingerprint density at radius 2 is 1.82 bits per heavy atom. The van der Waals surface area contributed by atoms with Gasteiger partial charge in [0.2, 0.25) is 0 Å². The quantitative estimate of drug-likeness (QED) is 0.684. The summed E-state index contributed by atoms with van der Waals surface area (Å²) in [4.78, 5) is 25.0. The van der Waals surface area contributed by atoms with E-state index in [1.807, 2.05) is 39.8 Å². The van der Waals surface area contributed by atoms with Gasteiger partial charge in [-0.15, -0.1) is 5.10 Å². The SMILES string of the molecule is CCn1nnc2cc(C(=O)O[C@H](C)C(=O)Nc3c(C)cc(C)cc3C)ccc21. The Balaban J connectivity index is 1.71. The molecule has 1 N–H and O–H groups in total. The molecule has 0 aliphatic heterocycles. The van der Waals surface area contributed by atoms with Crippen LogP contribution >= 0.6 is 0 Å². The first-order valence-corrected chi connectivity index (χ1v) is 9.23. The van der Waals surface area contributed by atoms with Gasteiger partial charge in [0.25, 0.3) is 5.91 Å². The number of fused-ring (bicyclic) bond motifs is 1. The first-order valence-electron chi connectivity index (χ1n) is 9.23. The minimum Gasteiger partial charge on any atom is -0.449 e. The second-order valence-corrected chi connectivity index (χ2v) is 6.92. The second-order valence-electron chi connectivity index (χ2n) is 6.92. The Hall–Kier alpha value is -3.22. The number of amides is 1. The van der Waals surface area contributed by atoms with Gasteiger partial charge in [-0.2, -0.15) is 0 Å². The van der Waals surface area contributed by atoms with Crippen LogP contribution in [0.2, 0.25) is 0 Å². The summed E-state index contributed by atoms with van der Waals surface area (Å²) >= 11 is 0. The van der Waals surface area contributed by atoms with Gasteiger partial charge in [0.1, 0.15) is 5.52 Å². The summed E-state index contributed by atoms with van der Waals surface area (Å²) in [5.74, 6) is -0.950. The van der Waals surface area contributed by atoms with Gasteiger partial charge < -0.3 is 10.1 Å². The smallest absolute Gasteiger partial charge is 0.338 e. The van der Waals surface area contributed by atoms with Crippen molar-refractivity contribution in [3.05, 3.63) is 52.6 Å². The predicted octanol–water partition coefficient (Wildman–Crippen LogP) is 3.56. The van der Waals surface area contributed by atoms with Crippen LogP contribution in [0, 0.1) is 20.8 Å². The maximum absolute atomic E-state index is 12.5. The van der Waals surface area contributed by atoms with E-state index in [-0.39, 0.29) is 5.91 Å². The molecule has 3 aromatic rings. The Bertz CT molecular complexity index is 1030. The molecule has 7 heteroatoms. The number of benzene rings is 2. The highest BCUT2D eigenvalue weighted by Gasteiger charge is 2.21. The van der Waals surface area contributed by atoms with Crippen LogP contribution in [0.5, 0.6) is 0 Å². The summed E-state index contributed by atoms with van der Waals surface area (Å²) in [5.41, 5.74) is 5.59. The molecule has 0 aliphatic rings. The van der Waals surface area contributed by atoms with Crippen molar-refractivity contribution in [2.45, 2.75) is 47.3 Å². The number of ether oxygens (including phenoxy) is 1. The number of nitrogens with one attached hydrogen (secondary N) is 1. The summed E-state index contributed by atoms with van der Waals surface area (Å²) in [6.07, 6.45) is -0.936. The zero-order valence-electron chi connectivity index (χ0n) is 16.7. The summed E-state index contributed by atoms with van der Waals surface area (Å²) in [6, 6.07) is 9.05. The summed E-state index contributed by atoms with van der Waals surface area (Å²) in [6.45, 7) is 10.1. The number of nitrogens with zero attached hydrogens (tertiary/aromatic N) is 3. The van der Waals surface area contributed by atoms with Crippen molar-refractivity contribution in [1.82, 2.24) is 15.0 Å². The van der Waals surface area contributed by atoms with Crippen LogP contribution in [0.4, 0.5) is 5.69 Å². The fourth-order valence-corrected chi connectivity index (χ4v) is 3.22. The number of carbonyl (C=O) groups is 2. The molecule has 0 radical (unpaired) electrons. The van der Waals surface area contributed by atoms with Crippen molar-refractivity contribution < 1.29 is 14.3 Å².